The molecule has 182 valence electrons. The van der Waals surface area contributed by atoms with Crippen LogP contribution in [0.5, 0.6) is 5.75 Å². The maximum Gasteiger partial charge on any atom is 0.369 e. The predicted octanol–water partition coefficient (Wildman–Crippen LogP) is 8.87. The third-order valence-corrected chi connectivity index (χ3v) is 9.74. The van der Waals surface area contributed by atoms with Crippen LogP contribution >= 0.6 is 0 Å². The van der Waals surface area contributed by atoms with Crippen LogP contribution in [0.15, 0.2) is 83.9 Å². The number of rotatable bonds is 3. The van der Waals surface area contributed by atoms with E-state index in [1.165, 1.54) is 33.4 Å². The van der Waals surface area contributed by atoms with Gasteiger partial charge in [-0.1, -0.05) is 95.3 Å². The molecule has 6 rings (SSSR count). The molecule has 1 saturated heterocycles. The van der Waals surface area contributed by atoms with Crippen LogP contribution in [0, 0.1) is 0 Å². The summed E-state index contributed by atoms with van der Waals surface area (Å²) in [6.45, 7) is 16.5. The summed E-state index contributed by atoms with van der Waals surface area (Å²) in [6, 6.07) is 24.6. The van der Waals surface area contributed by atoms with E-state index in [4.69, 9.17) is 16.2 Å². The van der Waals surface area contributed by atoms with Crippen molar-refractivity contribution in [3.8, 4) is 5.75 Å². The van der Waals surface area contributed by atoms with Crippen LogP contribution in [0.2, 0.25) is 10.6 Å². The fourth-order valence-electron chi connectivity index (χ4n) is 7.06. The summed E-state index contributed by atoms with van der Waals surface area (Å²) in [5.41, 5.74) is 8.49. The lowest BCUT2D eigenvalue weighted by atomic mass is 9.56. The molecule has 1 spiro atoms. The minimum absolute atomic E-state index is 0.148. The largest absolute Gasteiger partial charge is 0.560 e. The highest BCUT2D eigenvalue weighted by Crippen LogP contribution is 2.73. The van der Waals surface area contributed by atoms with Gasteiger partial charge in [0.05, 0.1) is 16.9 Å². The van der Waals surface area contributed by atoms with Crippen LogP contribution in [0.25, 0.3) is 0 Å². The molecule has 3 aromatic carbocycles. The molecule has 0 atom stereocenters. The molecule has 0 N–H and O–H groups in total. The van der Waals surface area contributed by atoms with Gasteiger partial charge in [-0.15, -0.1) is 0 Å². The van der Waals surface area contributed by atoms with Crippen molar-refractivity contribution < 1.29 is 4.65 Å². The van der Waals surface area contributed by atoms with E-state index in [0.29, 0.717) is 5.92 Å². The van der Waals surface area contributed by atoms with E-state index in [2.05, 4.69) is 108 Å². The second-order valence-corrected chi connectivity index (χ2v) is 12.0. The zero-order valence-electron chi connectivity index (χ0n) is 22.3. The summed E-state index contributed by atoms with van der Waals surface area (Å²) < 4.78 is 6.70. The average Bonchev–Trinajstić information content (AvgIpc) is 3.26. The molecule has 3 heteroatoms. The smallest absolute Gasteiger partial charge is 0.369 e. The van der Waals surface area contributed by atoms with Gasteiger partial charge in [-0.2, -0.15) is 0 Å². The van der Waals surface area contributed by atoms with Crippen molar-refractivity contribution in [2.45, 2.75) is 75.8 Å². The lowest BCUT2D eigenvalue weighted by Crippen LogP contribution is -2.38. The number of fused-ring (bicyclic) bond motifs is 6. The summed E-state index contributed by atoms with van der Waals surface area (Å²) in [5.74, 6) is 1.30. The molecule has 36 heavy (non-hydrogen) atoms. The third kappa shape index (κ3) is 3.01. The van der Waals surface area contributed by atoms with Crippen LogP contribution in [-0.4, -0.2) is 13.1 Å². The third-order valence-electron chi connectivity index (χ3n) is 9.74. The van der Waals surface area contributed by atoms with Gasteiger partial charge >= 0.3 is 6.92 Å². The lowest BCUT2D eigenvalue weighted by Gasteiger charge is -2.46. The molecule has 0 amide bonds. The second-order valence-electron chi connectivity index (χ2n) is 12.0. The van der Waals surface area contributed by atoms with Crippen molar-refractivity contribution in [3.63, 3.8) is 0 Å². The van der Waals surface area contributed by atoms with Crippen LogP contribution in [0.3, 0.4) is 0 Å². The Morgan fingerprint density at radius 1 is 0.889 bits per heavy atom. The molecular formula is C33H36BNO. The van der Waals surface area contributed by atoms with Crippen molar-refractivity contribution in [3.05, 3.63) is 107 Å². The maximum atomic E-state index is 6.70. The topological polar surface area (TPSA) is 21.6 Å². The summed E-state index contributed by atoms with van der Waals surface area (Å²) in [7, 11) is 0. The Hall–Kier alpha value is -3.07. The van der Waals surface area contributed by atoms with E-state index < -0.39 is 5.41 Å². The molecular weight excluding hydrogens is 437 g/mol. The quantitative estimate of drug-likeness (QED) is 0.275. The molecule has 3 aliphatic rings. The summed E-state index contributed by atoms with van der Waals surface area (Å²) in [6.07, 6.45) is 4.91. The Labute approximate surface area is 216 Å². The predicted molar refractivity (Wildman–Crippen MR) is 152 cm³/mol. The van der Waals surface area contributed by atoms with Gasteiger partial charge in [-0.3, -0.25) is 4.99 Å². The van der Waals surface area contributed by atoms with Crippen LogP contribution in [-0.2, 0) is 5.41 Å². The Balaban J connectivity index is 1.64. The Morgan fingerprint density at radius 3 is 2.08 bits per heavy atom. The van der Waals surface area contributed by atoms with Gasteiger partial charge < -0.3 is 4.65 Å². The molecule has 1 fully saturated rings. The average molecular weight is 473 g/mol. The molecule has 2 nitrogen and oxygen atoms in total. The molecule has 3 aromatic rings. The van der Waals surface area contributed by atoms with E-state index in [1.807, 2.05) is 0 Å². The molecule has 1 aliphatic carbocycles. The Bertz CT molecular complexity index is 1340. The standard InChI is InChI=1S/C33H36BNO/c1-7-24-25-14-8-10-16-27(25)33(28-17-11-9-15-26(24)28)22(2)13-12-20-35-30-19-18-23(21-29(30)33)36-34-31(3,4)32(34,5)6/h8-11,14-21,24H,2,7,12-13H2,1,3-6H3. The maximum absolute atomic E-state index is 6.70. The highest BCUT2D eigenvalue weighted by Gasteiger charge is 2.72. The molecule has 0 bridgehead atoms. The number of aliphatic imine (C=N–C) groups is 1. The fourth-order valence-corrected chi connectivity index (χ4v) is 7.06. The SMILES string of the molecule is C=C1CCC=Nc2ccc(OB3C(C)(C)C3(C)C)cc2C12c1ccccc1C(CC)c1ccccc12. The van der Waals surface area contributed by atoms with Gasteiger partial charge in [-0.25, -0.2) is 0 Å². The Morgan fingerprint density at radius 2 is 1.50 bits per heavy atom. The van der Waals surface area contributed by atoms with E-state index in [1.54, 1.807) is 0 Å². The summed E-state index contributed by atoms with van der Waals surface area (Å²) in [5, 5.41) is 0.296. The zero-order chi connectivity index (χ0) is 25.3. The zero-order valence-corrected chi connectivity index (χ0v) is 22.3. The van der Waals surface area contributed by atoms with Gasteiger partial charge in [0.1, 0.15) is 0 Å². The molecule has 0 radical (unpaired) electrons. The van der Waals surface area contributed by atoms with Gasteiger partial charge in [0.2, 0.25) is 0 Å². The number of nitrogens with zero attached hydrogens (tertiary/aromatic N) is 1. The highest BCUT2D eigenvalue weighted by molar-refractivity contribution is 6.73. The summed E-state index contributed by atoms with van der Waals surface area (Å²) >= 11 is 0. The minimum atomic E-state index is -0.458. The fraction of sp³-hybridized carbons (Fsp3) is 0.364. The van der Waals surface area contributed by atoms with E-state index in [-0.39, 0.29) is 17.5 Å². The highest BCUT2D eigenvalue weighted by atomic mass is 16.4. The van der Waals surface area contributed by atoms with E-state index in [9.17, 15) is 0 Å². The first-order valence-electron chi connectivity index (χ1n) is 13.4. The van der Waals surface area contributed by atoms with Crippen LogP contribution < -0.4 is 4.65 Å². The molecule has 0 unspecified atom stereocenters. The van der Waals surface area contributed by atoms with Gasteiger partial charge in [-0.05, 0) is 70.3 Å². The van der Waals surface area contributed by atoms with Gasteiger partial charge in [0.25, 0.3) is 0 Å². The minimum Gasteiger partial charge on any atom is -0.560 e. The molecule has 0 saturated carbocycles. The van der Waals surface area contributed by atoms with Crippen LogP contribution in [0.1, 0.15) is 87.6 Å². The van der Waals surface area contributed by atoms with Crippen LogP contribution in [0.4, 0.5) is 5.69 Å². The van der Waals surface area contributed by atoms with E-state index in [0.717, 1.165) is 30.7 Å². The number of benzene rings is 3. The first-order valence-corrected chi connectivity index (χ1v) is 13.4. The van der Waals surface area contributed by atoms with Crippen molar-refractivity contribution in [1.82, 2.24) is 0 Å². The normalized spacial score (nSPS) is 24.9. The molecule has 0 aromatic heterocycles. The van der Waals surface area contributed by atoms with Crippen molar-refractivity contribution >= 4 is 18.8 Å². The van der Waals surface area contributed by atoms with Crippen molar-refractivity contribution in [2.24, 2.45) is 4.99 Å². The monoisotopic (exact) mass is 473 g/mol. The first kappa shape index (κ1) is 23.3. The lowest BCUT2D eigenvalue weighted by molar-refractivity contribution is 0.571. The molecule has 2 heterocycles. The molecule has 2 aliphatic heterocycles. The van der Waals surface area contributed by atoms with Gasteiger partial charge in [0.15, 0.2) is 0 Å². The Kier molecular flexibility index (Phi) is 5.17. The number of hydrogen-bond donors (Lipinski definition) is 0. The van der Waals surface area contributed by atoms with E-state index >= 15 is 0 Å². The van der Waals surface area contributed by atoms with Crippen molar-refractivity contribution in [2.75, 3.05) is 0 Å². The van der Waals surface area contributed by atoms with Gasteiger partial charge in [0, 0.05) is 17.7 Å². The second kappa shape index (κ2) is 7.97. The summed E-state index contributed by atoms with van der Waals surface area (Å²) in [4.78, 5) is 4.99. The first-order chi connectivity index (χ1) is 17.2. The number of allylic oxidation sites excluding steroid dienone is 1. The number of hydrogen-bond acceptors (Lipinski definition) is 2. The van der Waals surface area contributed by atoms with Crippen molar-refractivity contribution in [1.29, 1.82) is 0 Å².